The third kappa shape index (κ3) is 3.51. The molecule has 0 aliphatic carbocycles. The van der Waals surface area contributed by atoms with Crippen LogP contribution in [0.15, 0.2) is 67.0 Å². The number of nitrogens with zero attached hydrogens (tertiary/aromatic N) is 4. The molecule has 7 heteroatoms. The van der Waals surface area contributed by atoms with Crippen molar-refractivity contribution in [3.63, 3.8) is 0 Å². The monoisotopic (exact) mass is 415 g/mol. The summed E-state index contributed by atoms with van der Waals surface area (Å²) in [6.45, 7) is 5.35. The fraction of sp³-hybridized carbons (Fsp3) is 0.292. The number of carbonyl (C=O) groups is 2. The first kappa shape index (κ1) is 19.5. The second-order valence-electron chi connectivity index (χ2n) is 8.30. The number of benzene rings is 2. The highest BCUT2D eigenvalue weighted by molar-refractivity contribution is 6.07. The van der Waals surface area contributed by atoms with Gasteiger partial charge in [-0.2, -0.15) is 0 Å². The molecule has 0 saturated carbocycles. The highest BCUT2D eigenvalue weighted by Gasteiger charge is 2.49. The summed E-state index contributed by atoms with van der Waals surface area (Å²) < 4.78 is 0. The zero-order valence-corrected chi connectivity index (χ0v) is 17.5. The number of rotatable bonds is 4. The molecule has 2 aliphatic rings. The third-order valence-corrected chi connectivity index (χ3v) is 6.34. The Morgan fingerprint density at radius 3 is 2.39 bits per heavy atom. The molecular formula is C24H25N5O2. The van der Waals surface area contributed by atoms with Gasteiger partial charge in [0, 0.05) is 44.3 Å². The van der Waals surface area contributed by atoms with E-state index in [1.54, 1.807) is 19.3 Å². The smallest absolute Gasteiger partial charge is 0.326 e. The lowest BCUT2D eigenvalue weighted by Gasteiger charge is -2.37. The molecule has 1 aromatic heterocycles. The van der Waals surface area contributed by atoms with Crippen LogP contribution in [0.5, 0.6) is 0 Å². The number of aromatic nitrogens is 1. The zero-order chi connectivity index (χ0) is 21.4. The molecule has 2 aliphatic heterocycles. The molecule has 0 spiro atoms. The van der Waals surface area contributed by atoms with Crippen molar-refractivity contribution in [2.75, 3.05) is 37.7 Å². The maximum Gasteiger partial charge on any atom is 0.326 e. The number of amides is 3. The number of hydrogen-bond acceptors (Lipinski definition) is 5. The molecule has 2 aromatic carbocycles. The lowest BCUT2D eigenvalue weighted by Crippen LogP contribution is -2.51. The number of pyridine rings is 1. The largest absolute Gasteiger partial charge is 0.369 e. The van der Waals surface area contributed by atoms with Gasteiger partial charge in [-0.25, -0.2) is 9.69 Å². The fourth-order valence-electron chi connectivity index (χ4n) is 4.42. The predicted molar refractivity (Wildman–Crippen MR) is 120 cm³/mol. The Morgan fingerprint density at radius 2 is 1.65 bits per heavy atom. The van der Waals surface area contributed by atoms with Crippen LogP contribution in [0.2, 0.25) is 0 Å². The summed E-state index contributed by atoms with van der Waals surface area (Å²) in [7, 11) is 0. The summed E-state index contributed by atoms with van der Waals surface area (Å²) in [6, 6.07) is 17.6. The van der Waals surface area contributed by atoms with E-state index in [9.17, 15) is 9.59 Å². The molecule has 7 nitrogen and oxygen atoms in total. The molecule has 2 fully saturated rings. The van der Waals surface area contributed by atoms with Crippen LogP contribution >= 0.6 is 0 Å². The molecule has 3 heterocycles. The fourth-order valence-corrected chi connectivity index (χ4v) is 4.42. The highest BCUT2D eigenvalue weighted by Crippen LogP contribution is 2.31. The molecule has 0 unspecified atom stereocenters. The number of carbonyl (C=O) groups excluding carboxylic acids is 2. The Balaban J connectivity index is 1.29. The van der Waals surface area contributed by atoms with Crippen molar-refractivity contribution >= 4 is 28.4 Å². The maximum absolute atomic E-state index is 13.3. The Bertz CT molecular complexity index is 1130. The first-order chi connectivity index (χ1) is 15.0. The summed E-state index contributed by atoms with van der Waals surface area (Å²) in [5.74, 6) is -0.204. The molecule has 0 radical (unpaired) electrons. The first-order valence-corrected chi connectivity index (χ1v) is 10.6. The molecule has 158 valence electrons. The normalized spacial score (nSPS) is 22.2. The van der Waals surface area contributed by atoms with Crippen LogP contribution in [0.3, 0.4) is 0 Å². The molecule has 5 rings (SSSR count). The van der Waals surface area contributed by atoms with Crippen LogP contribution in [-0.4, -0.2) is 59.6 Å². The average molecular weight is 415 g/mol. The average Bonchev–Trinajstić information content (AvgIpc) is 3.03. The van der Waals surface area contributed by atoms with Gasteiger partial charge < -0.3 is 10.2 Å². The molecule has 3 amide bonds. The van der Waals surface area contributed by atoms with E-state index >= 15 is 0 Å². The number of hydrogen-bond donors (Lipinski definition) is 1. The number of piperazine rings is 1. The van der Waals surface area contributed by atoms with Crippen molar-refractivity contribution in [2.24, 2.45) is 0 Å². The van der Waals surface area contributed by atoms with E-state index in [-0.39, 0.29) is 11.9 Å². The van der Waals surface area contributed by atoms with Crippen LogP contribution in [0.25, 0.3) is 10.8 Å². The molecule has 0 bridgehead atoms. The number of fused-ring (bicyclic) bond motifs is 1. The minimum absolute atomic E-state index is 0.204. The van der Waals surface area contributed by atoms with E-state index < -0.39 is 5.54 Å². The van der Waals surface area contributed by atoms with E-state index in [4.69, 9.17) is 0 Å². The topological polar surface area (TPSA) is 68.8 Å². The standard InChI is InChI=1S/C24H25N5O2/c1-24(20-7-6-18-4-2-3-5-19(18)16-20)22(30)29(23(31)26-24)17-27-12-14-28(15-13-27)21-8-10-25-11-9-21/h2-11,16H,12-15,17H2,1H3,(H,26,31)/t24-/m1/s1. The second-order valence-corrected chi connectivity index (χ2v) is 8.30. The number of nitrogens with one attached hydrogen (secondary N) is 1. The molecule has 2 saturated heterocycles. The Morgan fingerprint density at radius 1 is 0.935 bits per heavy atom. The number of urea groups is 1. The SMILES string of the molecule is C[C@]1(c2ccc3ccccc3c2)NC(=O)N(CN2CCN(c3ccncc3)CC2)C1=O. The third-order valence-electron chi connectivity index (χ3n) is 6.34. The lowest BCUT2D eigenvalue weighted by atomic mass is 9.90. The van der Waals surface area contributed by atoms with Crippen LogP contribution < -0.4 is 10.2 Å². The van der Waals surface area contributed by atoms with Gasteiger partial charge >= 0.3 is 6.03 Å². The summed E-state index contributed by atoms with van der Waals surface area (Å²) >= 11 is 0. The molecule has 31 heavy (non-hydrogen) atoms. The molecule has 1 N–H and O–H groups in total. The number of anilines is 1. The van der Waals surface area contributed by atoms with Crippen molar-refractivity contribution in [2.45, 2.75) is 12.5 Å². The Hall–Kier alpha value is -3.45. The van der Waals surface area contributed by atoms with E-state index in [1.807, 2.05) is 54.6 Å². The van der Waals surface area contributed by atoms with Crippen molar-refractivity contribution in [1.29, 1.82) is 0 Å². The highest BCUT2D eigenvalue weighted by atomic mass is 16.2. The van der Waals surface area contributed by atoms with Gasteiger partial charge in [-0.3, -0.25) is 14.7 Å². The van der Waals surface area contributed by atoms with E-state index in [2.05, 4.69) is 20.1 Å². The molecule has 1 atom stereocenters. The van der Waals surface area contributed by atoms with Gasteiger partial charge in [0.25, 0.3) is 5.91 Å². The van der Waals surface area contributed by atoms with E-state index in [0.29, 0.717) is 6.67 Å². The number of imide groups is 1. The van der Waals surface area contributed by atoms with Crippen molar-refractivity contribution < 1.29 is 9.59 Å². The van der Waals surface area contributed by atoms with E-state index in [1.165, 1.54) is 4.90 Å². The first-order valence-electron chi connectivity index (χ1n) is 10.6. The zero-order valence-electron chi connectivity index (χ0n) is 17.5. The van der Waals surface area contributed by atoms with Gasteiger partial charge in [0.1, 0.15) is 5.54 Å². The predicted octanol–water partition coefficient (Wildman–Crippen LogP) is 2.78. The van der Waals surface area contributed by atoms with Gasteiger partial charge in [0.15, 0.2) is 0 Å². The van der Waals surface area contributed by atoms with Gasteiger partial charge in [-0.15, -0.1) is 0 Å². The quantitative estimate of drug-likeness (QED) is 0.664. The minimum Gasteiger partial charge on any atom is -0.369 e. The van der Waals surface area contributed by atoms with Gasteiger partial charge in [-0.05, 0) is 41.5 Å². The minimum atomic E-state index is -1.06. The Kier molecular flexibility index (Phi) is 4.82. The molecule has 3 aromatic rings. The summed E-state index contributed by atoms with van der Waals surface area (Å²) in [5, 5.41) is 5.09. The summed E-state index contributed by atoms with van der Waals surface area (Å²) in [5.41, 5.74) is 0.892. The van der Waals surface area contributed by atoms with Crippen molar-refractivity contribution in [1.82, 2.24) is 20.1 Å². The maximum atomic E-state index is 13.3. The van der Waals surface area contributed by atoms with Crippen molar-refractivity contribution in [3.05, 3.63) is 72.6 Å². The van der Waals surface area contributed by atoms with Crippen LogP contribution in [0, 0.1) is 0 Å². The second kappa shape index (κ2) is 7.67. The lowest BCUT2D eigenvalue weighted by molar-refractivity contribution is -0.132. The van der Waals surface area contributed by atoms with Gasteiger partial charge in [-0.1, -0.05) is 36.4 Å². The van der Waals surface area contributed by atoms with Gasteiger partial charge in [0.2, 0.25) is 0 Å². The van der Waals surface area contributed by atoms with Gasteiger partial charge in [0.05, 0.1) is 6.67 Å². The molecular weight excluding hydrogens is 390 g/mol. The van der Waals surface area contributed by atoms with Crippen LogP contribution in [-0.2, 0) is 10.3 Å². The summed E-state index contributed by atoms with van der Waals surface area (Å²) in [4.78, 5) is 35.9. The van der Waals surface area contributed by atoms with Crippen molar-refractivity contribution in [3.8, 4) is 0 Å². The van der Waals surface area contributed by atoms with E-state index in [0.717, 1.165) is 48.2 Å². The van der Waals surface area contributed by atoms with Crippen LogP contribution in [0.1, 0.15) is 12.5 Å². The Labute approximate surface area is 181 Å². The summed E-state index contributed by atoms with van der Waals surface area (Å²) in [6.07, 6.45) is 3.59. The van der Waals surface area contributed by atoms with Crippen LogP contribution in [0.4, 0.5) is 10.5 Å².